The van der Waals surface area contributed by atoms with Gasteiger partial charge in [0.2, 0.25) is 0 Å². The highest BCUT2D eigenvalue weighted by Gasteiger charge is 2.48. The van der Waals surface area contributed by atoms with E-state index in [9.17, 15) is 4.79 Å². The molecule has 1 fully saturated rings. The van der Waals surface area contributed by atoms with Crippen LogP contribution in [0.2, 0.25) is 0 Å². The molecule has 0 spiro atoms. The quantitative estimate of drug-likeness (QED) is 0.888. The van der Waals surface area contributed by atoms with Crippen molar-refractivity contribution < 1.29 is 19.4 Å². The van der Waals surface area contributed by atoms with Crippen molar-refractivity contribution in [2.45, 2.75) is 38.5 Å². The number of carboxylic acids is 1. The molecule has 19 heavy (non-hydrogen) atoms. The van der Waals surface area contributed by atoms with Gasteiger partial charge in [-0.05, 0) is 43.9 Å². The Kier molecular flexibility index (Phi) is 3.43. The molecule has 1 aliphatic carbocycles. The summed E-state index contributed by atoms with van der Waals surface area (Å²) in [7, 11) is 3.27. The molecule has 1 N–H and O–H groups in total. The fraction of sp³-hybridized carbons (Fsp3) is 0.533. The first-order valence-corrected chi connectivity index (χ1v) is 6.39. The Morgan fingerprint density at radius 2 is 1.89 bits per heavy atom. The number of ether oxygens (including phenoxy) is 2. The summed E-state index contributed by atoms with van der Waals surface area (Å²) in [6, 6.07) is 1.94. The standard InChI is InChI=1S/C15H20O4/c1-9-10(2)14(19-4)11(7-12(9)18-3)15(5-6-15)8-13(16)17/h7H,5-6,8H2,1-4H3,(H,16,17). The van der Waals surface area contributed by atoms with Gasteiger partial charge < -0.3 is 14.6 Å². The SMILES string of the molecule is COc1cc(C2(CC(=O)O)CC2)c(OC)c(C)c1C. The maximum atomic E-state index is 11.1. The molecule has 1 aromatic rings. The van der Waals surface area contributed by atoms with Gasteiger partial charge >= 0.3 is 5.97 Å². The number of aliphatic carboxylic acids is 1. The van der Waals surface area contributed by atoms with E-state index in [-0.39, 0.29) is 11.8 Å². The van der Waals surface area contributed by atoms with Gasteiger partial charge in [0, 0.05) is 11.0 Å². The Hall–Kier alpha value is -1.71. The molecule has 0 atom stereocenters. The maximum Gasteiger partial charge on any atom is 0.304 e. The summed E-state index contributed by atoms with van der Waals surface area (Å²) in [4.78, 5) is 11.1. The zero-order valence-corrected chi connectivity index (χ0v) is 11.9. The Morgan fingerprint density at radius 3 is 2.32 bits per heavy atom. The number of methoxy groups -OCH3 is 2. The second kappa shape index (κ2) is 4.76. The fourth-order valence-corrected chi connectivity index (χ4v) is 2.71. The first-order valence-electron chi connectivity index (χ1n) is 6.39. The smallest absolute Gasteiger partial charge is 0.304 e. The first-order chi connectivity index (χ1) is 8.95. The predicted octanol–water partition coefficient (Wildman–Crippen LogP) is 2.83. The zero-order chi connectivity index (χ0) is 14.2. The van der Waals surface area contributed by atoms with Gasteiger partial charge in [-0.25, -0.2) is 0 Å². The molecular weight excluding hydrogens is 244 g/mol. The van der Waals surface area contributed by atoms with Crippen molar-refractivity contribution >= 4 is 5.97 Å². The van der Waals surface area contributed by atoms with Crippen LogP contribution >= 0.6 is 0 Å². The summed E-state index contributed by atoms with van der Waals surface area (Å²) < 4.78 is 10.9. The highest BCUT2D eigenvalue weighted by Crippen LogP contribution is 2.55. The van der Waals surface area contributed by atoms with E-state index >= 15 is 0 Å². The summed E-state index contributed by atoms with van der Waals surface area (Å²) in [5.41, 5.74) is 2.75. The Bertz CT molecular complexity index is 515. The van der Waals surface area contributed by atoms with Crippen LogP contribution in [0.5, 0.6) is 11.5 Å². The van der Waals surface area contributed by atoms with Crippen LogP contribution in [0.3, 0.4) is 0 Å². The molecule has 104 valence electrons. The topological polar surface area (TPSA) is 55.8 Å². The van der Waals surface area contributed by atoms with Crippen molar-refractivity contribution in [1.82, 2.24) is 0 Å². The van der Waals surface area contributed by atoms with Crippen molar-refractivity contribution in [2.75, 3.05) is 14.2 Å². The molecule has 1 saturated carbocycles. The Balaban J connectivity index is 2.56. The molecule has 4 heteroatoms. The van der Waals surface area contributed by atoms with E-state index in [2.05, 4.69) is 0 Å². The van der Waals surface area contributed by atoms with Gasteiger partial charge in [0.25, 0.3) is 0 Å². The summed E-state index contributed by atoms with van der Waals surface area (Å²) >= 11 is 0. The van der Waals surface area contributed by atoms with E-state index in [0.29, 0.717) is 0 Å². The summed E-state index contributed by atoms with van der Waals surface area (Å²) in [5, 5.41) is 9.09. The van der Waals surface area contributed by atoms with Gasteiger partial charge in [-0.3, -0.25) is 4.79 Å². The minimum atomic E-state index is -0.767. The average Bonchev–Trinajstić information content (AvgIpc) is 3.12. The highest BCUT2D eigenvalue weighted by molar-refractivity contribution is 5.71. The van der Waals surface area contributed by atoms with E-state index < -0.39 is 5.97 Å². The second-order valence-electron chi connectivity index (χ2n) is 5.26. The van der Waals surface area contributed by atoms with Crippen molar-refractivity contribution in [3.05, 3.63) is 22.8 Å². The van der Waals surface area contributed by atoms with Crippen LogP contribution in [-0.4, -0.2) is 25.3 Å². The lowest BCUT2D eigenvalue weighted by molar-refractivity contribution is -0.137. The van der Waals surface area contributed by atoms with Crippen LogP contribution in [0.1, 0.15) is 36.0 Å². The fourth-order valence-electron chi connectivity index (χ4n) is 2.71. The second-order valence-corrected chi connectivity index (χ2v) is 5.26. The molecule has 0 amide bonds. The molecule has 0 unspecified atom stereocenters. The average molecular weight is 264 g/mol. The monoisotopic (exact) mass is 264 g/mol. The molecule has 0 bridgehead atoms. The maximum absolute atomic E-state index is 11.1. The normalized spacial score (nSPS) is 16.0. The van der Waals surface area contributed by atoms with Crippen LogP contribution in [0.15, 0.2) is 6.07 Å². The molecular formula is C15H20O4. The van der Waals surface area contributed by atoms with E-state index in [1.165, 1.54) is 0 Å². The van der Waals surface area contributed by atoms with Gasteiger partial charge in [0.1, 0.15) is 11.5 Å². The number of carboxylic acid groups (broad SMARTS) is 1. The highest BCUT2D eigenvalue weighted by atomic mass is 16.5. The Labute approximate surface area is 113 Å². The van der Waals surface area contributed by atoms with Crippen molar-refractivity contribution in [3.8, 4) is 11.5 Å². The third-order valence-corrected chi connectivity index (χ3v) is 4.13. The molecule has 4 nitrogen and oxygen atoms in total. The third-order valence-electron chi connectivity index (χ3n) is 4.13. The van der Waals surface area contributed by atoms with Crippen molar-refractivity contribution in [1.29, 1.82) is 0 Å². The molecule has 1 aliphatic rings. The van der Waals surface area contributed by atoms with Crippen LogP contribution < -0.4 is 9.47 Å². The molecule has 0 aliphatic heterocycles. The predicted molar refractivity (Wildman–Crippen MR) is 72.2 cm³/mol. The van der Waals surface area contributed by atoms with Crippen molar-refractivity contribution in [3.63, 3.8) is 0 Å². The van der Waals surface area contributed by atoms with E-state index in [0.717, 1.165) is 41.0 Å². The van der Waals surface area contributed by atoms with Crippen LogP contribution in [0.4, 0.5) is 0 Å². The van der Waals surface area contributed by atoms with Gasteiger partial charge in [-0.2, -0.15) is 0 Å². The number of carbonyl (C=O) groups is 1. The molecule has 0 aromatic heterocycles. The minimum Gasteiger partial charge on any atom is -0.496 e. The lowest BCUT2D eigenvalue weighted by Gasteiger charge is -2.22. The molecule has 0 radical (unpaired) electrons. The van der Waals surface area contributed by atoms with Gasteiger partial charge in [0.05, 0.1) is 20.6 Å². The number of hydrogen-bond acceptors (Lipinski definition) is 3. The lowest BCUT2D eigenvalue weighted by atomic mass is 9.88. The molecule has 1 aromatic carbocycles. The molecule has 2 rings (SSSR count). The van der Waals surface area contributed by atoms with E-state index in [1.54, 1.807) is 14.2 Å². The number of benzene rings is 1. The molecule has 0 heterocycles. The number of hydrogen-bond donors (Lipinski definition) is 1. The summed E-state index contributed by atoms with van der Waals surface area (Å²) in [5.74, 6) is 0.832. The van der Waals surface area contributed by atoms with Gasteiger partial charge in [-0.1, -0.05) is 0 Å². The Morgan fingerprint density at radius 1 is 1.26 bits per heavy atom. The molecule has 0 saturated heterocycles. The summed E-state index contributed by atoms with van der Waals surface area (Å²) in [6.45, 7) is 3.97. The first kappa shape index (κ1) is 13.7. The van der Waals surface area contributed by atoms with Crippen molar-refractivity contribution in [2.24, 2.45) is 0 Å². The van der Waals surface area contributed by atoms with Gasteiger partial charge in [-0.15, -0.1) is 0 Å². The van der Waals surface area contributed by atoms with E-state index in [1.807, 2.05) is 19.9 Å². The van der Waals surface area contributed by atoms with Gasteiger partial charge in [0.15, 0.2) is 0 Å². The minimum absolute atomic E-state index is 0.148. The lowest BCUT2D eigenvalue weighted by Crippen LogP contribution is -2.15. The largest absolute Gasteiger partial charge is 0.496 e. The van der Waals surface area contributed by atoms with Crippen LogP contribution in [0.25, 0.3) is 0 Å². The van der Waals surface area contributed by atoms with Crippen LogP contribution in [0, 0.1) is 13.8 Å². The summed E-state index contributed by atoms with van der Waals surface area (Å²) in [6.07, 6.45) is 1.93. The zero-order valence-electron chi connectivity index (χ0n) is 11.9. The third kappa shape index (κ3) is 2.27. The van der Waals surface area contributed by atoms with Crippen LogP contribution in [-0.2, 0) is 10.2 Å². The number of rotatable bonds is 5. The van der Waals surface area contributed by atoms with E-state index in [4.69, 9.17) is 14.6 Å².